The number of hydrogen-bond acceptors (Lipinski definition) is 5. The van der Waals surface area contributed by atoms with Gasteiger partial charge in [0.25, 0.3) is 17.7 Å². The van der Waals surface area contributed by atoms with E-state index in [2.05, 4.69) is 34.6 Å². The first-order valence-electron chi connectivity index (χ1n) is 11.3. The molecular formula is C28H28N4O4. The van der Waals surface area contributed by atoms with E-state index in [0.29, 0.717) is 5.56 Å². The highest BCUT2D eigenvalue weighted by atomic mass is 16.5. The molecule has 0 aliphatic heterocycles. The van der Waals surface area contributed by atoms with Crippen LogP contribution < -0.4 is 16.1 Å². The second kappa shape index (κ2) is 12.9. The lowest BCUT2D eigenvalue weighted by Crippen LogP contribution is -2.54. The van der Waals surface area contributed by atoms with Gasteiger partial charge in [-0.05, 0) is 47.5 Å². The molecule has 0 aliphatic carbocycles. The molecule has 184 valence electrons. The number of carbonyl (C=O) groups excluding carboxylic acids is 3. The summed E-state index contributed by atoms with van der Waals surface area (Å²) < 4.78 is 0. The van der Waals surface area contributed by atoms with Crippen molar-refractivity contribution in [2.75, 3.05) is 14.1 Å². The molecule has 3 aromatic carbocycles. The van der Waals surface area contributed by atoms with Crippen LogP contribution in [-0.4, -0.2) is 48.0 Å². The van der Waals surface area contributed by atoms with E-state index in [1.54, 1.807) is 24.3 Å². The summed E-state index contributed by atoms with van der Waals surface area (Å²) in [7, 11) is 2.65. The SMILES string of the molecule is CNC(=O)C(C(=O)NO)N(C)C(=O)c1ccc(C#Cc2ccc(CNCc3ccccc3)cc2)cc1. The lowest BCUT2D eigenvalue weighted by molar-refractivity contribution is -0.140. The van der Waals surface area contributed by atoms with E-state index in [0.717, 1.165) is 29.1 Å². The Morgan fingerprint density at radius 2 is 1.33 bits per heavy atom. The summed E-state index contributed by atoms with van der Waals surface area (Å²) in [4.78, 5) is 37.6. The predicted molar refractivity (Wildman–Crippen MR) is 136 cm³/mol. The van der Waals surface area contributed by atoms with Gasteiger partial charge in [0.1, 0.15) is 0 Å². The third kappa shape index (κ3) is 7.03. The fraction of sp³-hybridized carbons (Fsp3) is 0.179. The number of likely N-dealkylation sites (N-methyl/N-ethyl adjacent to an activating group) is 2. The van der Waals surface area contributed by atoms with Crippen LogP contribution in [0.25, 0.3) is 0 Å². The summed E-state index contributed by atoms with van der Waals surface area (Å²) in [6.45, 7) is 1.56. The first-order valence-corrected chi connectivity index (χ1v) is 11.3. The zero-order valence-corrected chi connectivity index (χ0v) is 20.1. The van der Waals surface area contributed by atoms with Crippen molar-refractivity contribution in [3.8, 4) is 11.8 Å². The van der Waals surface area contributed by atoms with E-state index in [1.165, 1.54) is 25.1 Å². The summed E-state index contributed by atoms with van der Waals surface area (Å²) >= 11 is 0. The Bertz CT molecular complexity index is 1230. The highest BCUT2D eigenvalue weighted by molar-refractivity contribution is 6.08. The number of carbonyl (C=O) groups is 3. The van der Waals surface area contributed by atoms with Gasteiger partial charge in [0.15, 0.2) is 6.04 Å². The molecular weight excluding hydrogens is 456 g/mol. The van der Waals surface area contributed by atoms with Crippen LogP contribution in [0.4, 0.5) is 0 Å². The molecule has 0 heterocycles. The Morgan fingerprint density at radius 1 is 0.806 bits per heavy atom. The Hall–Kier alpha value is -4.45. The summed E-state index contributed by atoms with van der Waals surface area (Å²) in [5.41, 5.74) is 5.66. The Balaban J connectivity index is 1.59. The number of nitrogens with zero attached hydrogens (tertiary/aromatic N) is 1. The molecule has 0 bridgehead atoms. The second-order valence-electron chi connectivity index (χ2n) is 8.02. The minimum absolute atomic E-state index is 0.273. The highest BCUT2D eigenvalue weighted by Crippen LogP contribution is 2.10. The number of hydrogen-bond donors (Lipinski definition) is 4. The van der Waals surface area contributed by atoms with Crippen LogP contribution >= 0.6 is 0 Å². The fourth-order valence-electron chi connectivity index (χ4n) is 3.48. The topological polar surface area (TPSA) is 111 Å². The van der Waals surface area contributed by atoms with Gasteiger partial charge < -0.3 is 15.5 Å². The van der Waals surface area contributed by atoms with Gasteiger partial charge in [-0.1, -0.05) is 54.3 Å². The van der Waals surface area contributed by atoms with Crippen LogP contribution in [0.5, 0.6) is 0 Å². The molecule has 1 atom stereocenters. The van der Waals surface area contributed by atoms with Crippen molar-refractivity contribution < 1.29 is 19.6 Å². The largest absolute Gasteiger partial charge is 0.357 e. The molecule has 0 aromatic heterocycles. The van der Waals surface area contributed by atoms with Crippen LogP contribution in [0.1, 0.15) is 32.6 Å². The number of hydroxylamine groups is 1. The lowest BCUT2D eigenvalue weighted by Gasteiger charge is -2.25. The van der Waals surface area contributed by atoms with Gasteiger partial charge >= 0.3 is 0 Å². The molecule has 4 N–H and O–H groups in total. The first kappa shape index (κ1) is 26.2. The van der Waals surface area contributed by atoms with E-state index in [1.807, 2.05) is 42.5 Å². The van der Waals surface area contributed by atoms with Crippen LogP contribution in [0, 0.1) is 11.8 Å². The zero-order chi connectivity index (χ0) is 25.9. The summed E-state index contributed by atoms with van der Waals surface area (Å²) in [6, 6.07) is 23.2. The van der Waals surface area contributed by atoms with E-state index in [9.17, 15) is 14.4 Å². The lowest BCUT2D eigenvalue weighted by atomic mass is 10.1. The standard InChI is InChI=1S/C28H28N4O4/c1-29-26(33)25(27(34)31-36)32(2)28(35)24-16-14-21(15-17-24)9-8-20-10-12-23(13-11-20)19-30-18-22-6-4-3-5-7-22/h3-7,10-17,25,30,36H,18-19H2,1-2H3,(H,29,33)(H,31,34). The van der Waals surface area contributed by atoms with Crippen molar-refractivity contribution >= 4 is 17.7 Å². The van der Waals surface area contributed by atoms with Crippen LogP contribution in [0.3, 0.4) is 0 Å². The second-order valence-corrected chi connectivity index (χ2v) is 8.02. The minimum Gasteiger partial charge on any atom is -0.357 e. The van der Waals surface area contributed by atoms with E-state index in [-0.39, 0.29) is 5.56 Å². The summed E-state index contributed by atoms with van der Waals surface area (Å²) in [5, 5.41) is 14.6. The maximum absolute atomic E-state index is 12.7. The highest BCUT2D eigenvalue weighted by Gasteiger charge is 2.33. The molecule has 0 aliphatic rings. The van der Waals surface area contributed by atoms with E-state index in [4.69, 9.17) is 5.21 Å². The van der Waals surface area contributed by atoms with E-state index < -0.39 is 23.8 Å². The molecule has 3 rings (SSSR count). The molecule has 1 unspecified atom stereocenters. The average molecular weight is 485 g/mol. The summed E-state index contributed by atoms with van der Waals surface area (Å²) in [6.07, 6.45) is 0. The average Bonchev–Trinajstić information content (AvgIpc) is 2.92. The quantitative estimate of drug-likeness (QED) is 0.169. The summed E-state index contributed by atoms with van der Waals surface area (Å²) in [5.74, 6) is 3.89. The smallest absolute Gasteiger partial charge is 0.275 e. The molecule has 3 aromatic rings. The van der Waals surface area contributed by atoms with Crippen molar-refractivity contribution in [3.63, 3.8) is 0 Å². The molecule has 0 fully saturated rings. The monoisotopic (exact) mass is 484 g/mol. The molecule has 3 amide bonds. The van der Waals surface area contributed by atoms with Crippen molar-refractivity contribution in [2.24, 2.45) is 0 Å². The normalized spacial score (nSPS) is 11.0. The molecule has 0 saturated heterocycles. The van der Waals surface area contributed by atoms with Gasteiger partial charge in [-0.25, -0.2) is 5.48 Å². The number of rotatable bonds is 8. The molecule has 36 heavy (non-hydrogen) atoms. The molecule has 0 radical (unpaired) electrons. The molecule has 0 spiro atoms. The fourth-order valence-corrected chi connectivity index (χ4v) is 3.48. The minimum atomic E-state index is -1.51. The van der Waals surface area contributed by atoms with Gasteiger partial charge in [0, 0.05) is 43.9 Å². The van der Waals surface area contributed by atoms with Crippen LogP contribution in [0.2, 0.25) is 0 Å². The molecule has 0 saturated carbocycles. The van der Waals surface area contributed by atoms with Gasteiger partial charge in [-0.3, -0.25) is 19.6 Å². The molecule has 8 nitrogen and oxygen atoms in total. The van der Waals surface area contributed by atoms with Crippen LogP contribution in [-0.2, 0) is 22.7 Å². The Labute approximate surface area is 210 Å². The van der Waals surface area contributed by atoms with Crippen molar-refractivity contribution in [3.05, 3.63) is 107 Å². The third-order valence-electron chi connectivity index (χ3n) is 5.50. The van der Waals surface area contributed by atoms with Gasteiger partial charge in [-0.2, -0.15) is 0 Å². The van der Waals surface area contributed by atoms with E-state index >= 15 is 0 Å². The maximum atomic E-state index is 12.7. The number of nitrogens with one attached hydrogen (secondary N) is 3. The molecule has 8 heteroatoms. The third-order valence-corrected chi connectivity index (χ3v) is 5.50. The predicted octanol–water partition coefficient (Wildman–Crippen LogP) is 2.07. The number of amides is 3. The van der Waals surface area contributed by atoms with Gasteiger partial charge in [-0.15, -0.1) is 0 Å². The first-order chi connectivity index (χ1) is 17.4. The zero-order valence-electron chi connectivity index (χ0n) is 20.1. The Kier molecular flexibility index (Phi) is 9.34. The van der Waals surface area contributed by atoms with Crippen molar-refractivity contribution in [2.45, 2.75) is 19.1 Å². The van der Waals surface area contributed by atoms with Gasteiger partial charge in [0.2, 0.25) is 0 Å². The number of benzene rings is 3. The van der Waals surface area contributed by atoms with Crippen molar-refractivity contribution in [1.82, 2.24) is 21.0 Å². The maximum Gasteiger partial charge on any atom is 0.275 e. The van der Waals surface area contributed by atoms with Crippen LogP contribution in [0.15, 0.2) is 78.9 Å². The Morgan fingerprint density at radius 3 is 1.86 bits per heavy atom. The van der Waals surface area contributed by atoms with Gasteiger partial charge in [0.05, 0.1) is 0 Å². The van der Waals surface area contributed by atoms with Crippen molar-refractivity contribution in [1.29, 1.82) is 0 Å².